The standard InChI is InChI=1S/C13H17N3S2/c1-9-4-3-5-10(2)12(9)14-13(17)16-15-11-6-7-18-8-11/h3-5H,6-8H2,1-2H3,(H2,14,16,17)/b15-11+. The van der Waals surface area contributed by atoms with Crippen LogP contribution in [0.4, 0.5) is 5.69 Å². The van der Waals surface area contributed by atoms with E-state index in [0.29, 0.717) is 5.11 Å². The number of benzene rings is 1. The van der Waals surface area contributed by atoms with Gasteiger partial charge in [-0.3, -0.25) is 5.43 Å². The second-order valence-electron chi connectivity index (χ2n) is 4.31. The van der Waals surface area contributed by atoms with Crippen LogP contribution in [0.3, 0.4) is 0 Å². The zero-order chi connectivity index (χ0) is 13.0. The number of hydrogen-bond acceptors (Lipinski definition) is 3. The molecule has 0 radical (unpaired) electrons. The number of para-hydroxylation sites is 1. The summed E-state index contributed by atoms with van der Waals surface area (Å²) < 4.78 is 0. The number of thiocarbonyl (C=S) groups is 1. The van der Waals surface area contributed by atoms with Gasteiger partial charge in [0.05, 0.1) is 0 Å². The van der Waals surface area contributed by atoms with Gasteiger partial charge in [0.25, 0.3) is 0 Å². The van der Waals surface area contributed by atoms with Crippen LogP contribution in [-0.4, -0.2) is 22.3 Å². The molecule has 1 heterocycles. The van der Waals surface area contributed by atoms with Gasteiger partial charge in [0.15, 0.2) is 5.11 Å². The van der Waals surface area contributed by atoms with E-state index in [1.807, 2.05) is 17.8 Å². The van der Waals surface area contributed by atoms with Gasteiger partial charge in [-0.1, -0.05) is 18.2 Å². The molecule has 0 aliphatic carbocycles. The molecule has 5 heteroatoms. The normalized spacial score (nSPS) is 16.9. The van der Waals surface area contributed by atoms with Gasteiger partial charge in [0.2, 0.25) is 0 Å². The zero-order valence-electron chi connectivity index (χ0n) is 10.6. The fraction of sp³-hybridized carbons (Fsp3) is 0.385. The molecule has 1 aliphatic rings. The van der Waals surface area contributed by atoms with Crippen LogP contribution in [0.1, 0.15) is 17.5 Å². The number of hydrazone groups is 1. The Morgan fingerprint density at radius 1 is 1.33 bits per heavy atom. The Morgan fingerprint density at radius 3 is 2.67 bits per heavy atom. The number of thioether (sulfide) groups is 1. The van der Waals surface area contributed by atoms with E-state index >= 15 is 0 Å². The maximum atomic E-state index is 5.25. The maximum absolute atomic E-state index is 5.25. The first-order valence-corrected chi connectivity index (χ1v) is 7.49. The van der Waals surface area contributed by atoms with Crippen LogP contribution in [0.2, 0.25) is 0 Å². The third kappa shape index (κ3) is 3.46. The Balaban J connectivity index is 1.96. The quantitative estimate of drug-likeness (QED) is 0.644. The van der Waals surface area contributed by atoms with Crippen LogP contribution < -0.4 is 10.7 Å². The Labute approximate surface area is 117 Å². The van der Waals surface area contributed by atoms with Gasteiger partial charge in [-0.15, -0.1) is 0 Å². The molecule has 0 aromatic heterocycles. The summed E-state index contributed by atoms with van der Waals surface area (Å²) in [5, 5.41) is 8.08. The molecule has 1 aromatic rings. The largest absolute Gasteiger partial charge is 0.331 e. The molecular formula is C13H17N3S2. The number of nitrogens with zero attached hydrogens (tertiary/aromatic N) is 1. The van der Waals surface area contributed by atoms with E-state index in [1.54, 1.807) is 0 Å². The SMILES string of the molecule is Cc1cccc(C)c1NC(=S)N/N=C1\CCSC1. The molecule has 2 rings (SSSR count). The molecule has 0 saturated carbocycles. The van der Waals surface area contributed by atoms with Crippen molar-refractivity contribution in [3.05, 3.63) is 29.3 Å². The predicted molar refractivity (Wildman–Crippen MR) is 84.6 cm³/mol. The first kappa shape index (κ1) is 13.4. The highest BCUT2D eigenvalue weighted by Gasteiger charge is 2.09. The lowest BCUT2D eigenvalue weighted by Gasteiger charge is -2.12. The van der Waals surface area contributed by atoms with Crippen molar-refractivity contribution in [3.63, 3.8) is 0 Å². The number of aryl methyl sites for hydroxylation is 2. The van der Waals surface area contributed by atoms with Crippen LogP contribution in [0.5, 0.6) is 0 Å². The minimum absolute atomic E-state index is 0.553. The molecule has 0 atom stereocenters. The summed E-state index contributed by atoms with van der Waals surface area (Å²) in [5.41, 5.74) is 7.54. The summed E-state index contributed by atoms with van der Waals surface area (Å²) in [6.07, 6.45) is 1.06. The van der Waals surface area contributed by atoms with Crippen molar-refractivity contribution in [1.82, 2.24) is 5.43 Å². The van der Waals surface area contributed by atoms with E-state index in [0.717, 1.165) is 23.6 Å². The average Bonchev–Trinajstić information content (AvgIpc) is 2.84. The van der Waals surface area contributed by atoms with Gasteiger partial charge in [0.1, 0.15) is 0 Å². The molecule has 3 nitrogen and oxygen atoms in total. The summed E-state index contributed by atoms with van der Waals surface area (Å²) in [7, 11) is 0. The second kappa shape index (κ2) is 6.20. The fourth-order valence-corrected chi connectivity index (χ4v) is 2.94. The van der Waals surface area contributed by atoms with E-state index < -0.39 is 0 Å². The minimum Gasteiger partial charge on any atom is -0.331 e. The Morgan fingerprint density at radius 2 is 2.06 bits per heavy atom. The smallest absolute Gasteiger partial charge is 0.191 e. The highest BCUT2D eigenvalue weighted by atomic mass is 32.2. The van der Waals surface area contributed by atoms with E-state index in [-0.39, 0.29) is 0 Å². The second-order valence-corrected chi connectivity index (χ2v) is 5.83. The maximum Gasteiger partial charge on any atom is 0.191 e. The minimum atomic E-state index is 0.553. The summed E-state index contributed by atoms with van der Waals surface area (Å²) in [6, 6.07) is 6.18. The Hall–Kier alpha value is -1.07. The van der Waals surface area contributed by atoms with Crippen molar-refractivity contribution >= 4 is 40.5 Å². The number of nitrogens with one attached hydrogen (secondary N) is 2. The van der Waals surface area contributed by atoms with E-state index in [4.69, 9.17) is 12.2 Å². The first-order chi connectivity index (χ1) is 8.66. The van der Waals surface area contributed by atoms with Gasteiger partial charge in [-0.05, 0) is 49.4 Å². The van der Waals surface area contributed by atoms with Gasteiger partial charge in [0, 0.05) is 17.2 Å². The highest BCUT2D eigenvalue weighted by molar-refractivity contribution is 8.00. The molecule has 0 spiro atoms. The van der Waals surface area contributed by atoms with Crippen LogP contribution in [0.25, 0.3) is 0 Å². The lowest BCUT2D eigenvalue weighted by molar-refractivity contribution is 1.02. The number of hydrogen-bond donors (Lipinski definition) is 2. The Bertz CT molecular complexity index is 455. The van der Waals surface area contributed by atoms with Crippen LogP contribution >= 0.6 is 24.0 Å². The predicted octanol–water partition coefficient (Wildman–Crippen LogP) is 3.08. The van der Waals surface area contributed by atoms with Gasteiger partial charge in [-0.2, -0.15) is 16.9 Å². The first-order valence-electron chi connectivity index (χ1n) is 5.93. The van der Waals surface area contributed by atoms with Crippen molar-refractivity contribution in [1.29, 1.82) is 0 Å². The molecule has 0 bridgehead atoms. The molecule has 2 N–H and O–H groups in total. The molecule has 1 fully saturated rings. The molecule has 1 aromatic carbocycles. The molecule has 0 unspecified atom stereocenters. The van der Waals surface area contributed by atoms with Crippen LogP contribution in [0, 0.1) is 13.8 Å². The fourth-order valence-electron chi connectivity index (χ4n) is 1.82. The lowest BCUT2D eigenvalue weighted by Crippen LogP contribution is -2.26. The number of rotatable bonds is 2. The zero-order valence-corrected chi connectivity index (χ0v) is 12.3. The summed E-state index contributed by atoms with van der Waals surface area (Å²) in [4.78, 5) is 0. The molecule has 1 saturated heterocycles. The van der Waals surface area contributed by atoms with E-state index in [2.05, 4.69) is 41.8 Å². The Kier molecular flexibility index (Phi) is 4.60. The van der Waals surface area contributed by atoms with Crippen molar-refractivity contribution < 1.29 is 0 Å². The summed E-state index contributed by atoms with van der Waals surface area (Å²) in [6.45, 7) is 4.13. The number of anilines is 1. The van der Waals surface area contributed by atoms with Crippen molar-refractivity contribution in [2.45, 2.75) is 20.3 Å². The lowest BCUT2D eigenvalue weighted by atomic mass is 10.1. The van der Waals surface area contributed by atoms with E-state index in [1.165, 1.54) is 16.8 Å². The van der Waals surface area contributed by atoms with E-state index in [9.17, 15) is 0 Å². The third-order valence-electron chi connectivity index (χ3n) is 2.84. The monoisotopic (exact) mass is 279 g/mol. The molecular weight excluding hydrogens is 262 g/mol. The summed E-state index contributed by atoms with van der Waals surface area (Å²) >= 11 is 7.16. The molecule has 0 amide bonds. The summed E-state index contributed by atoms with van der Waals surface area (Å²) in [5.74, 6) is 2.18. The molecule has 96 valence electrons. The van der Waals surface area contributed by atoms with Crippen LogP contribution in [-0.2, 0) is 0 Å². The van der Waals surface area contributed by atoms with Crippen molar-refractivity contribution in [2.75, 3.05) is 16.8 Å². The van der Waals surface area contributed by atoms with Crippen LogP contribution in [0.15, 0.2) is 23.3 Å². The average molecular weight is 279 g/mol. The highest BCUT2D eigenvalue weighted by Crippen LogP contribution is 2.19. The molecule has 18 heavy (non-hydrogen) atoms. The van der Waals surface area contributed by atoms with Crippen molar-refractivity contribution in [3.8, 4) is 0 Å². The third-order valence-corrected chi connectivity index (χ3v) is 4.06. The van der Waals surface area contributed by atoms with Gasteiger partial charge in [-0.25, -0.2) is 0 Å². The van der Waals surface area contributed by atoms with Crippen molar-refractivity contribution in [2.24, 2.45) is 5.10 Å². The molecule has 1 aliphatic heterocycles. The van der Waals surface area contributed by atoms with Gasteiger partial charge < -0.3 is 5.32 Å². The van der Waals surface area contributed by atoms with Gasteiger partial charge >= 0.3 is 0 Å². The topological polar surface area (TPSA) is 36.4 Å².